The molecule has 0 spiro atoms. The molecule has 3 N–H and O–H groups in total. The van der Waals surface area contributed by atoms with E-state index in [1.165, 1.54) is 0 Å². The summed E-state index contributed by atoms with van der Waals surface area (Å²) in [6.07, 6.45) is 3.12. The number of carbonyl (C=O) groups is 1. The number of nitrogen functional groups attached to an aromatic ring is 1. The maximum Gasteiger partial charge on any atom is 0.407 e. The van der Waals surface area contributed by atoms with Crippen LogP contribution in [0.1, 0.15) is 11.1 Å². The predicted molar refractivity (Wildman–Crippen MR) is 89.5 cm³/mol. The van der Waals surface area contributed by atoms with Crippen molar-refractivity contribution in [2.75, 3.05) is 12.3 Å². The molecule has 0 aliphatic rings. The van der Waals surface area contributed by atoms with Crippen molar-refractivity contribution in [1.29, 1.82) is 0 Å². The van der Waals surface area contributed by atoms with E-state index in [1.54, 1.807) is 30.4 Å². The van der Waals surface area contributed by atoms with Crippen molar-refractivity contribution in [3.63, 3.8) is 0 Å². The number of ether oxygens (including phenoxy) is 1. The van der Waals surface area contributed by atoms with Gasteiger partial charge in [0.05, 0.1) is 0 Å². The monoisotopic (exact) mass is 316 g/mol. The van der Waals surface area contributed by atoms with E-state index in [0.717, 1.165) is 11.1 Å². The number of nitrogens with one attached hydrogen (secondary N) is 1. The van der Waals surface area contributed by atoms with Crippen molar-refractivity contribution in [3.05, 3.63) is 70.8 Å². The molecule has 0 fully saturated rings. The Morgan fingerprint density at radius 3 is 2.77 bits per heavy atom. The molecule has 2 aromatic carbocycles. The van der Waals surface area contributed by atoms with E-state index < -0.39 is 6.09 Å². The number of nitrogens with two attached hydrogens (primary N) is 1. The van der Waals surface area contributed by atoms with Crippen LogP contribution in [0.25, 0.3) is 6.08 Å². The topological polar surface area (TPSA) is 64.3 Å². The van der Waals surface area contributed by atoms with Crippen LogP contribution in [-0.4, -0.2) is 12.6 Å². The molecule has 114 valence electrons. The molecule has 0 atom stereocenters. The maximum absolute atomic E-state index is 11.5. The Kier molecular flexibility index (Phi) is 5.86. The highest BCUT2D eigenvalue weighted by Gasteiger charge is 2.00. The van der Waals surface area contributed by atoms with Crippen molar-refractivity contribution < 1.29 is 9.53 Å². The average Bonchev–Trinajstić information content (AvgIpc) is 2.53. The quantitative estimate of drug-likeness (QED) is 0.823. The molecular formula is C17H17ClN2O2. The Labute approximate surface area is 134 Å². The lowest BCUT2D eigenvalue weighted by Crippen LogP contribution is -2.24. The molecule has 0 unspecified atom stereocenters. The number of rotatable bonds is 5. The van der Waals surface area contributed by atoms with Gasteiger partial charge in [0, 0.05) is 17.3 Å². The minimum atomic E-state index is -0.465. The van der Waals surface area contributed by atoms with Gasteiger partial charge in [0.1, 0.15) is 6.61 Å². The number of amides is 1. The summed E-state index contributed by atoms with van der Waals surface area (Å²) in [5.41, 5.74) is 8.21. The van der Waals surface area contributed by atoms with Crippen LogP contribution in [-0.2, 0) is 11.3 Å². The van der Waals surface area contributed by atoms with Crippen molar-refractivity contribution >= 4 is 29.5 Å². The van der Waals surface area contributed by atoms with Crippen LogP contribution in [0.4, 0.5) is 10.5 Å². The van der Waals surface area contributed by atoms with Crippen LogP contribution >= 0.6 is 11.6 Å². The average molecular weight is 317 g/mol. The molecule has 0 aromatic heterocycles. The molecule has 0 radical (unpaired) electrons. The highest BCUT2D eigenvalue weighted by molar-refractivity contribution is 6.30. The lowest BCUT2D eigenvalue weighted by atomic mass is 10.1. The Morgan fingerprint density at radius 1 is 1.23 bits per heavy atom. The Bertz CT molecular complexity index is 657. The number of benzene rings is 2. The van der Waals surface area contributed by atoms with E-state index in [4.69, 9.17) is 22.1 Å². The zero-order valence-corrected chi connectivity index (χ0v) is 12.7. The van der Waals surface area contributed by atoms with E-state index in [2.05, 4.69) is 5.32 Å². The van der Waals surface area contributed by atoms with E-state index >= 15 is 0 Å². The van der Waals surface area contributed by atoms with Crippen molar-refractivity contribution in [3.8, 4) is 0 Å². The van der Waals surface area contributed by atoms with Gasteiger partial charge in [-0.25, -0.2) is 4.79 Å². The second-order valence-electron chi connectivity index (χ2n) is 4.62. The minimum Gasteiger partial charge on any atom is -0.445 e. The van der Waals surface area contributed by atoms with Crippen molar-refractivity contribution in [2.45, 2.75) is 6.61 Å². The third-order valence-electron chi connectivity index (χ3n) is 2.92. The number of halogens is 1. The molecule has 5 heteroatoms. The number of hydrogen-bond acceptors (Lipinski definition) is 3. The molecule has 1 amide bonds. The molecule has 0 heterocycles. The number of alkyl carbamates (subject to hydrolysis) is 1. The standard InChI is InChI=1S/C17H17ClN2O2/c18-15-8-9-16(19)14(11-15)7-4-10-20-17(21)22-12-13-5-2-1-3-6-13/h1-9,11H,10,12,19H2,(H,20,21). The van der Waals surface area contributed by atoms with Crippen LogP contribution in [0, 0.1) is 0 Å². The van der Waals surface area contributed by atoms with Crippen molar-refractivity contribution in [1.82, 2.24) is 5.32 Å². The predicted octanol–water partition coefficient (Wildman–Crippen LogP) is 3.86. The van der Waals surface area contributed by atoms with Crippen LogP contribution in [0.5, 0.6) is 0 Å². The fourth-order valence-corrected chi connectivity index (χ4v) is 1.97. The van der Waals surface area contributed by atoms with Gasteiger partial charge in [-0.1, -0.05) is 54.1 Å². The molecule has 22 heavy (non-hydrogen) atoms. The number of carbonyl (C=O) groups excluding carboxylic acids is 1. The molecule has 0 aliphatic carbocycles. The Hall–Kier alpha value is -2.46. The molecule has 0 aliphatic heterocycles. The highest BCUT2D eigenvalue weighted by atomic mass is 35.5. The summed E-state index contributed by atoms with van der Waals surface area (Å²) >= 11 is 5.90. The molecule has 2 rings (SSSR count). The first-order valence-electron chi connectivity index (χ1n) is 6.81. The summed E-state index contributed by atoms with van der Waals surface area (Å²) in [6, 6.07) is 14.7. The minimum absolute atomic E-state index is 0.248. The summed E-state index contributed by atoms with van der Waals surface area (Å²) in [6.45, 7) is 0.594. The first-order valence-corrected chi connectivity index (χ1v) is 7.19. The molecule has 0 saturated carbocycles. The van der Waals surface area contributed by atoms with Gasteiger partial charge >= 0.3 is 6.09 Å². The lowest BCUT2D eigenvalue weighted by Gasteiger charge is -2.05. The summed E-state index contributed by atoms with van der Waals surface area (Å²) in [5, 5.41) is 3.25. The fraction of sp³-hybridized carbons (Fsp3) is 0.118. The van der Waals surface area contributed by atoms with Crippen molar-refractivity contribution in [2.24, 2.45) is 0 Å². The number of hydrogen-bond donors (Lipinski definition) is 2. The van der Waals surface area contributed by atoms with Crippen LogP contribution in [0.3, 0.4) is 0 Å². The summed E-state index contributed by atoms with van der Waals surface area (Å²) in [7, 11) is 0. The van der Waals surface area contributed by atoms with E-state index in [0.29, 0.717) is 17.3 Å². The van der Waals surface area contributed by atoms with Crippen LogP contribution in [0.15, 0.2) is 54.6 Å². The maximum atomic E-state index is 11.5. The second-order valence-corrected chi connectivity index (χ2v) is 5.05. The van der Waals surface area contributed by atoms with Crippen LogP contribution < -0.4 is 11.1 Å². The summed E-state index contributed by atoms with van der Waals surface area (Å²) in [4.78, 5) is 11.5. The largest absolute Gasteiger partial charge is 0.445 e. The van der Waals surface area contributed by atoms with Gasteiger partial charge in [-0.05, 0) is 29.3 Å². The smallest absolute Gasteiger partial charge is 0.407 e. The fourth-order valence-electron chi connectivity index (χ4n) is 1.79. The van der Waals surface area contributed by atoms with Gasteiger partial charge in [-0.15, -0.1) is 0 Å². The van der Waals surface area contributed by atoms with Gasteiger partial charge < -0.3 is 15.8 Å². The molecule has 0 saturated heterocycles. The SMILES string of the molecule is Nc1ccc(Cl)cc1C=CCNC(=O)OCc1ccccc1. The highest BCUT2D eigenvalue weighted by Crippen LogP contribution is 2.18. The van der Waals surface area contributed by atoms with E-state index in [1.807, 2.05) is 30.3 Å². The molecular weight excluding hydrogens is 300 g/mol. The molecule has 0 bridgehead atoms. The second kappa shape index (κ2) is 8.10. The third kappa shape index (κ3) is 5.14. The van der Waals surface area contributed by atoms with Gasteiger partial charge in [-0.2, -0.15) is 0 Å². The molecule has 4 nitrogen and oxygen atoms in total. The van der Waals surface area contributed by atoms with Gasteiger partial charge in [0.15, 0.2) is 0 Å². The van der Waals surface area contributed by atoms with Gasteiger partial charge in [-0.3, -0.25) is 0 Å². The lowest BCUT2D eigenvalue weighted by molar-refractivity contribution is 0.141. The Morgan fingerprint density at radius 2 is 2.00 bits per heavy atom. The zero-order valence-electron chi connectivity index (χ0n) is 12.0. The summed E-state index contributed by atoms with van der Waals surface area (Å²) in [5.74, 6) is 0. The Balaban J connectivity index is 1.75. The normalized spacial score (nSPS) is 10.6. The van der Waals surface area contributed by atoms with E-state index in [-0.39, 0.29) is 6.61 Å². The van der Waals surface area contributed by atoms with Gasteiger partial charge in [0.25, 0.3) is 0 Å². The van der Waals surface area contributed by atoms with Gasteiger partial charge in [0.2, 0.25) is 0 Å². The first-order chi connectivity index (χ1) is 10.6. The summed E-state index contributed by atoms with van der Waals surface area (Å²) < 4.78 is 5.09. The third-order valence-corrected chi connectivity index (χ3v) is 3.16. The van der Waals surface area contributed by atoms with E-state index in [9.17, 15) is 4.79 Å². The number of anilines is 1. The van der Waals surface area contributed by atoms with Crippen LogP contribution in [0.2, 0.25) is 5.02 Å². The molecule has 2 aromatic rings. The zero-order chi connectivity index (χ0) is 15.8. The first kappa shape index (κ1) is 15.9.